The van der Waals surface area contributed by atoms with Crippen molar-refractivity contribution in [3.8, 4) is 0 Å². The number of esters is 1. The van der Waals surface area contributed by atoms with Gasteiger partial charge in [-0.1, -0.05) is 13.3 Å². The summed E-state index contributed by atoms with van der Waals surface area (Å²) in [6, 6.07) is 3.51. The molecular formula is C13H20N2O2. The summed E-state index contributed by atoms with van der Waals surface area (Å²) >= 11 is 0. The first kappa shape index (κ1) is 13.5. The van der Waals surface area contributed by atoms with Crippen LogP contribution in [0.1, 0.15) is 37.0 Å². The quantitative estimate of drug-likeness (QED) is 0.712. The van der Waals surface area contributed by atoms with Gasteiger partial charge >= 0.3 is 5.97 Å². The Hall–Kier alpha value is -1.58. The first-order valence-corrected chi connectivity index (χ1v) is 6.02. The van der Waals surface area contributed by atoms with Crippen molar-refractivity contribution in [2.24, 2.45) is 0 Å². The molecule has 0 saturated carbocycles. The van der Waals surface area contributed by atoms with Crippen LogP contribution in [0.25, 0.3) is 0 Å². The summed E-state index contributed by atoms with van der Waals surface area (Å²) in [4.78, 5) is 18.0. The van der Waals surface area contributed by atoms with Crippen LogP contribution in [-0.4, -0.2) is 31.2 Å². The largest absolute Gasteiger partial charge is 0.465 e. The molecule has 4 heteroatoms. The summed E-state index contributed by atoms with van der Waals surface area (Å²) in [7, 11) is 1.39. The lowest BCUT2D eigenvalue weighted by atomic mass is 10.2. The molecule has 0 spiro atoms. The van der Waals surface area contributed by atoms with Crippen molar-refractivity contribution in [2.75, 3.05) is 25.1 Å². The standard InChI is InChI=1S/C13H20N2O2/c1-4-6-10-15(5-2)12-11(13(16)17-3)8-7-9-14-12/h7-9H,4-6,10H2,1-3H3. The van der Waals surface area contributed by atoms with E-state index < -0.39 is 0 Å². The van der Waals surface area contributed by atoms with Gasteiger partial charge in [0.2, 0.25) is 0 Å². The topological polar surface area (TPSA) is 42.4 Å². The van der Waals surface area contributed by atoms with E-state index in [1.807, 2.05) is 0 Å². The molecule has 0 radical (unpaired) electrons. The molecule has 1 rings (SSSR count). The normalized spacial score (nSPS) is 10.1. The van der Waals surface area contributed by atoms with E-state index in [1.54, 1.807) is 18.3 Å². The second kappa shape index (κ2) is 6.89. The molecule has 0 aromatic carbocycles. The molecule has 1 heterocycles. The van der Waals surface area contributed by atoms with Gasteiger partial charge in [-0.05, 0) is 25.5 Å². The molecule has 0 aliphatic heterocycles. The molecule has 1 aromatic rings. The zero-order valence-corrected chi connectivity index (χ0v) is 10.8. The van der Waals surface area contributed by atoms with Crippen LogP contribution in [0.15, 0.2) is 18.3 Å². The van der Waals surface area contributed by atoms with E-state index in [-0.39, 0.29) is 5.97 Å². The minimum absolute atomic E-state index is 0.331. The predicted octanol–water partition coefficient (Wildman–Crippen LogP) is 2.49. The van der Waals surface area contributed by atoms with Crippen LogP contribution in [0, 0.1) is 0 Å². The van der Waals surface area contributed by atoms with E-state index in [0.29, 0.717) is 5.56 Å². The summed E-state index contributed by atoms with van der Waals surface area (Å²) in [5.41, 5.74) is 0.535. The second-order valence-electron chi connectivity index (χ2n) is 3.80. The maximum absolute atomic E-state index is 11.6. The molecule has 0 N–H and O–H groups in total. The highest BCUT2D eigenvalue weighted by Crippen LogP contribution is 2.18. The van der Waals surface area contributed by atoms with E-state index in [1.165, 1.54) is 7.11 Å². The van der Waals surface area contributed by atoms with Crippen molar-refractivity contribution in [2.45, 2.75) is 26.7 Å². The maximum atomic E-state index is 11.6. The molecule has 4 nitrogen and oxygen atoms in total. The van der Waals surface area contributed by atoms with Gasteiger partial charge in [-0.3, -0.25) is 0 Å². The van der Waals surface area contributed by atoms with Crippen molar-refractivity contribution in [1.29, 1.82) is 0 Å². The van der Waals surface area contributed by atoms with Crippen LogP contribution in [0.2, 0.25) is 0 Å². The first-order chi connectivity index (χ1) is 8.24. The van der Waals surface area contributed by atoms with Gasteiger partial charge in [0.05, 0.1) is 7.11 Å². The number of methoxy groups -OCH3 is 1. The number of nitrogens with zero attached hydrogens (tertiary/aromatic N) is 2. The Morgan fingerprint density at radius 3 is 2.82 bits per heavy atom. The zero-order valence-electron chi connectivity index (χ0n) is 10.8. The number of hydrogen-bond donors (Lipinski definition) is 0. The highest BCUT2D eigenvalue weighted by molar-refractivity contribution is 5.94. The molecular weight excluding hydrogens is 216 g/mol. The van der Waals surface area contributed by atoms with Gasteiger partial charge in [-0.25, -0.2) is 9.78 Å². The maximum Gasteiger partial charge on any atom is 0.341 e. The number of rotatable bonds is 6. The van der Waals surface area contributed by atoms with Crippen molar-refractivity contribution < 1.29 is 9.53 Å². The van der Waals surface area contributed by atoms with Crippen molar-refractivity contribution >= 4 is 11.8 Å². The molecule has 17 heavy (non-hydrogen) atoms. The van der Waals surface area contributed by atoms with Crippen LogP contribution in [0.5, 0.6) is 0 Å². The fourth-order valence-corrected chi connectivity index (χ4v) is 1.68. The zero-order chi connectivity index (χ0) is 12.7. The fraction of sp³-hybridized carbons (Fsp3) is 0.538. The molecule has 0 atom stereocenters. The van der Waals surface area contributed by atoms with Crippen LogP contribution >= 0.6 is 0 Å². The lowest BCUT2D eigenvalue weighted by Gasteiger charge is -2.23. The van der Waals surface area contributed by atoms with Gasteiger partial charge in [0.25, 0.3) is 0 Å². The summed E-state index contributed by atoms with van der Waals surface area (Å²) in [5.74, 6) is 0.387. The minimum atomic E-state index is -0.331. The van der Waals surface area contributed by atoms with Crippen LogP contribution in [0.3, 0.4) is 0 Å². The van der Waals surface area contributed by atoms with Gasteiger partial charge in [0.15, 0.2) is 0 Å². The molecule has 0 unspecified atom stereocenters. The minimum Gasteiger partial charge on any atom is -0.465 e. The number of unbranched alkanes of at least 4 members (excludes halogenated alkanes) is 1. The van der Waals surface area contributed by atoms with E-state index in [0.717, 1.165) is 31.7 Å². The number of pyridine rings is 1. The Labute approximate surface area is 103 Å². The van der Waals surface area contributed by atoms with Gasteiger partial charge in [-0.15, -0.1) is 0 Å². The number of carbonyl (C=O) groups excluding carboxylic acids is 1. The summed E-state index contributed by atoms with van der Waals surface area (Å²) in [6.45, 7) is 5.95. The van der Waals surface area contributed by atoms with E-state index in [9.17, 15) is 4.79 Å². The van der Waals surface area contributed by atoms with Gasteiger partial charge in [0.1, 0.15) is 11.4 Å². The van der Waals surface area contributed by atoms with Crippen LogP contribution in [-0.2, 0) is 4.74 Å². The molecule has 0 saturated heterocycles. The fourth-order valence-electron chi connectivity index (χ4n) is 1.68. The highest BCUT2D eigenvalue weighted by Gasteiger charge is 2.16. The van der Waals surface area contributed by atoms with E-state index in [4.69, 9.17) is 4.74 Å². The van der Waals surface area contributed by atoms with Crippen LogP contribution < -0.4 is 4.90 Å². The number of hydrogen-bond acceptors (Lipinski definition) is 4. The van der Waals surface area contributed by atoms with Crippen molar-refractivity contribution in [1.82, 2.24) is 4.98 Å². The Morgan fingerprint density at radius 2 is 2.24 bits per heavy atom. The van der Waals surface area contributed by atoms with E-state index >= 15 is 0 Å². The third-order valence-corrected chi connectivity index (χ3v) is 2.65. The monoisotopic (exact) mass is 236 g/mol. The van der Waals surface area contributed by atoms with Gasteiger partial charge in [-0.2, -0.15) is 0 Å². The average molecular weight is 236 g/mol. The Bertz CT molecular complexity index is 366. The van der Waals surface area contributed by atoms with Crippen LogP contribution in [0.4, 0.5) is 5.82 Å². The Kier molecular flexibility index (Phi) is 5.46. The predicted molar refractivity (Wildman–Crippen MR) is 68.4 cm³/mol. The Balaban J connectivity index is 2.97. The lowest BCUT2D eigenvalue weighted by molar-refractivity contribution is 0.0601. The second-order valence-corrected chi connectivity index (χ2v) is 3.80. The van der Waals surface area contributed by atoms with Gasteiger partial charge in [0, 0.05) is 19.3 Å². The smallest absolute Gasteiger partial charge is 0.341 e. The summed E-state index contributed by atoms with van der Waals surface area (Å²) in [5, 5.41) is 0. The number of anilines is 1. The molecule has 0 aliphatic rings. The molecule has 0 bridgehead atoms. The summed E-state index contributed by atoms with van der Waals surface area (Å²) < 4.78 is 4.77. The van der Waals surface area contributed by atoms with Crippen molar-refractivity contribution in [3.63, 3.8) is 0 Å². The SMILES string of the molecule is CCCCN(CC)c1ncccc1C(=O)OC. The van der Waals surface area contributed by atoms with Gasteiger partial charge < -0.3 is 9.64 Å². The molecule has 94 valence electrons. The molecule has 1 aromatic heterocycles. The molecule has 0 aliphatic carbocycles. The van der Waals surface area contributed by atoms with Crippen molar-refractivity contribution in [3.05, 3.63) is 23.9 Å². The third kappa shape index (κ3) is 3.44. The van der Waals surface area contributed by atoms with E-state index in [2.05, 4.69) is 23.7 Å². The third-order valence-electron chi connectivity index (χ3n) is 2.65. The lowest BCUT2D eigenvalue weighted by Crippen LogP contribution is -2.27. The average Bonchev–Trinajstić information content (AvgIpc) is 2.39. The number of carbonyl (C=O) groups is 1. The molecule has 0 fully saturated rings. The first-order valence-electron chi connectivity index (χ1n) is 6.02. The molecule has 0 amide bonds. The number of aromatic nitrogens is 1. The Morgan fingerprint density at radius 1 is 1.47 bits per heavy atom. The highest BCUT2D eigenvalue weighted by atomic mass is 16.5. The summed E-state index contributed by atoms with van der Waals surface area (Å²) in [6.07, 6.45) is 3.91. The number of ether oxygens (including phenoxy) is 1.